The Kier molecular flexibility index (Phi) is 6.34. The lowest BCUT2D eigenvalue weighted by atomic mass is 9.92. The second-order valence-electron chi connectivity index (χ2n) is 8.58. The Balaban J connectivity index is 1.16. The van der Waals surface area contributed by atoms with Gasteiger partial charge in [-0.1, -0.05) is 41.7 Å². The number of nitrogens with one attached hydrogen (secondary N) is 2. The quantitative estimate of drug-likeness (QED) is 0.602. The smallest absolute Gasteiger partial charge is 0.317 e. The van der Waals surface area contributed by atoms with Crippen molar-refractivity contribution in [1.29, 1.82) is 0 Å². The molecule has 1 fully saturated rings. The average molecular weight is 466 g/mol. The van der Waals surface area contributed by atoms with E-state index in [9.17, 15) is 9.59 Å². The van der Waals surface area contributed by atoms with Crippen LogP contribution < -0.4 is 10.6 Å². The number of hydrogen-bond acceptors (Lipinski definition) is 6. The first-order valence-electron chi connectivity index (χ1n) is 11.4. The number of carbonyl (C=O) groups is 2. The van der Waals surface area contributed by atoms with E-state index >= 15 is 0 Å². The van der Waals surface area contributed by atoms with Gasteiger partial charge in [0.25, 0.3) is 0 Å². The van der Waals surface area contributed by atoms with Crippen LogP contribution in [-0.2, 0) is 17.8 Å². The molecule has 3 aromatic rings. The fraction of sp³-hybridized carbons (Fsp3) is 0.435. The lowest BCUT2D eigenvalue weighted by Crippen LogP contribution is -2.47. The maximum Gasteiger partial charge on any atom is 0.317 e. The molecule has 3 amide bonds. The third kappa shape index (κ3) is 4.90. The van der Waals surface area contributed by atoms with E-state index in [-0.39, 0.29) is 23.9 Å². The minimum atomic E-state index is -0.115. The molecular weight excluding hydrogens is 438 g/mol. The number of urea groups is 1. The number of nitrogens with zero attached hydrogens (tertiary/aromatic N) is 5. The molecule has 0 bridgehead atoms. The first-order chi connectivity index (χ1) is 16.2. The number of likely N-dealkylation sites (tertiary alicyclic amines) is 1. The van der Waals surface area contributed by atoms with Crippen LogP contribution in [0.25, 0.3) is 0 Å². The number of aromatic nitrogens is 4. The molecule has 1 aliphatic carbocycles. The molecule has 2 aromatic heterocycles. The third-order valence-electron chi connectivity index (χ3n) is 6.48. The van der Waals surface area contributed by atoms with E-state index in [2.05, 4.69) is 42.7 Å². The summed E-state index contributed by atoms with van der Waals surface area (Å²) in [6.07, 6.45) is 6.10. The Labute approximate surface area is 196 Å². The molecule has 2 aliphatic rings. The molecule has 5 rings (SSSR count). The summed E-state index contributed by atoms with van der Waals surface area (Å²) in [5.41, 5.74) is 5.14. The van der Waals surface area contributed by atoms with E-state index in [4.69, 9.17) is 0 Å². The predicted octanol–water partition coefficient (Wildman–Crippen LogP) is 3.22. The van der Waals surface area contributed by atoms with Crippen molar-refractivity contribution in [3.05, 3.63) is 58.9 Å². The van der Waals surface area contributed by atoms with Gasteiger partial charge in [0, 0.05) is 30.3 Å². The Bertz CT molecular complexity index is 1090. The minimum Gasteiger partial charge on any atom is -0.331 e. The highest BCUT2D eigenvalue weighted by Gasteiger charge is 2.31. The normalized spacial score (nSPS) is 18.5. The summed E-state index contributed by atoms with van der Waals surface area (Å²) in [4.78, 5) is 27.2. The number of piperidine rings is 1. The lowest BCUT2D eigenvalue weighted by Gasteiger charge is -2.33. The Morgan fingerprint density at radius 1 is 1.12 bits per heavy atom. The van der Waals surface area contributed by atoms with Crippen molar-refractivity contribution < 1.29 is 9.59 Å². The number of benzene rings is 1. The van der Waals surface area contributed by atoms with Crippen molar-refractivity contribution in [3.63, 3.8) is 0 Å². The van der Waals surface area contributed by atoms with Crippen molar-refractivity contribution in [2.24, 2.45) is 5.92 Å². The largest absolute Gasteiger partial charge is 0.331 e. The molecule has 10 heteroatoms. The number of hydrogen-bond donors (Lipinski definition) is 2. The van der Waals surface area contributed by atoms with E-state index < -0.39 is 0 Å². The highest BCUT2D eigenvalue weighted by atomic mass is 32.1. The molecule has 3 heterocycles. The fourth-order valence-corrected chi connectivity index (χ4v) is 5.13. The van der Waals surface area contributed by atoms with E-state index in [0.29, 0.717) is 31.1 Å². The lowest BCUT2D eigenvalue weighted by molar-refractivity contribution is -0.121. The Morgan fingerprint density at radius 2 is 1.94 bits per heavy atom. The summed E-state index contributed by atoms with van der Waals surface area (Å²) >= 11 is 1.30. The molecular formula is C23H27N7O2S. The van der Waals surface area contributed by atoms with Crippen LogP contribution in [0.4, 0.5) is 9.93 Å². The number of amides is 3. The second-order valence-corrected chi connectivity index (χ2v) is 9.41. The van der Waals surface area contributed by atoms with Gasteiger partial charge in [0.2, 0.25) is 11.0 Å². The van der Waals surface area contributed by atoms with Crippen LogP contribution in [0.3, 0.4) is 0 Å². The van der Waals surface area contributed by atoms with E-state index in [0.717, 1.165) is 31.4 Å². The highest BCUT2D eigenvalue weighted by molar-refractivity contribution is 7.13. The summed E-state index contributed by atoms with van der Waals surface area (Å²) in [6.45, 7) is 1.86. The molecule has 172 valence electrons. The van der Waals surface area contributed by atoms with Gasteiger partial charge in [0.15, 0.2) is 0 Å². The Hall–Kier alpha value is -3.27. The summed E-state index contributed by atoms with van der Waals surface area (Å²) < 4.78 is 2.06. The van der Waals surface area contributed by atoms with Gasteiger partial charge >= 0.3 is 6.03 Å². The molecule has 2 N–H and O–H groups in total. The standard InChI is InChI=1S/C23H27N7O2S/c31-21(27-22-28-24-15-33-22)17-9-11-29(12-10-17)23(32)26-19-7-4-8-20-18(19)13-25-30(20)14-16-5-2-1-3-6-16/h1-3,5-6,13,15,17,19H,4,7-12,14H2,(H,26,32)(H,27,28,31). The van der Waals surface area contributed by atoms with Gasteiger partial charge in [-0.3, -0.25) is 9.48 Å². The summed E-state index contributed by atoms with van der Waals surface area (Å²) in [5.74, 6) is -0.162. The maximum absolute atomic E-state index is 13.0. The molecule has 1 saturated heterocycles. The molecule has 9 nitrogen and oxygen atoms in total. The predicted molar refractivity (Wildman–Crippen MR) is 125 cm³/mol. The monoisotopic (exact) mass is 465 g/mol. The van der Waals surface area contributed by atoms with Crippen LogP contribution in [-0.4, -0.2) is 49.9 Å². The molecule has 1 atom stereocenters. The van der Waals surface area contributed by atoms with Gasteiger partial charge in [0.1, 0.15) is 5.51 Å². The highest BCUT2D eigenvalue weighted by Crippen LogP contribution is 2.30. The second kappa shape index (κ2) is 9.70. The van der Waals surface area contributed by atoms with Gasteiger partial charge < -0.3 is 15.5 Å². The third-order valence-corrected chi connectivity index (χ3v) is 7.09. The fourth-order valence-electron chi connectivity index (χ4n) is 4.68. The minimum absolute atomic E-state index is 0.0239. The maximum atomic E-state index is 13.0. The van der Waals surface area contributed by atoms with Crippen LogP contribution in [0.2, 0.25) is 0 Å². The number of anilines is 1. The van der Waals surface area contributed by atoms with E-state index in [1.807, 2.05) is 29.3 Å². The van der Waals surface area contributed by atoms with Gasteiger partial charge in [-0.05, 0) is 37.7 Å². The van der Waals surface area contributed by atoms with E-state index in [1.165, 1.54) is 22.6 Å². The van der Waals surface area contributed by atoms with Crippen molar-refractivity contribution in [2.75, 3.05) is 18.4 Å². The zero-order valence-corrected chi connectivity index (χ0v) is 19.1. The summed E-state index contributed by atoms with van der Waals surface area (Å²) in [5, 5.41) is 18.8. The topological polar surface area (TPSA) is 105 Å². The van der Waals surface area contributed by atoms with Crippen LogP contribution in [0.15, 0.2) is 42.0 Å². The molecule has 0 spiro atoms. The Morgan fingerprint density at radius 3 is 2.70 bits per heavy atom. The van der Waals surface area contributed by atoms with Gasteiger partial charge in [-0.15, -0.1) is 10.2 Å². The number of carbonyl (C=O) groups excluding carboxylic acids is 2. The summed E-state index contributed by atoms with van der Waals surface area (Å²) in [7, 11) is 0. The van der Waals surface area contributed by atoms with Crippen molar-refractivity contribution >= 4 is 28.4 Å². The van der Waals surface area contributed by atoms with Crippen molar-refractivity contribution in [1.82, 2.24) is 30.2 Å². The van der Waals surface area contributed by atoms with Crippen LogP contribution in [0.5, 0.6) is 0 Å². The van der Waals surface area contributed by atoms with Gasteiger partial charge in [0.05, 0.1) is 18.8 Å². The average Bonchev–Trinajstić information content (AvgIpc) is 3.51. The molecule has 1 aromatic carbocycles. The van der Waals surface area contributed by atoms with Gasteiger partial charge in [-0.25, -0.2) is 4.79 Å². The van der Waals surface area contributed by atoms with E-state index in [1.54, 1.807) is 5.51 Å². The molecule has 0 saturated carbocycles. The number of rotatable bonds is 5. The SMILES string of the molecule is O=C(Nc1nncs1)C1CCN(C(=O)NC2CCCc3c2cnn3Cc2ccccc2)CC1. The molecule has 1 unspecified atom stereocenters. The molecule has 0 radical (unpaired) electrons. The number of fused-ring (bicyclic) bond motifs is 1. The summed E-state index contributed by atoms with van der Waals surface area (Å²) in [6, 6.07) is 10.2. The van der Waals surface area contributed by atoms with Crippen molar-refractivity contribution in [2.45, 2.75) is 44.7 Å². The van der Waals surface area contributed by atoms with Gasteiger partial charge in [-0.2, -0.15) is 5.10 Å². The first-order valence-corrected chi connectivity index (χ1v) is 12.3. The zero-order valence-electron chi connectivity index (χ0n) is 18.3. The van der Waals surface area contributed by atoms with Crippen LogP contribution in [0, 0.1) is 5.92 Å². The molecule has 33 heavy (non-hydrogen) atoms. The zero-order chi connectivity index (χ0) is 22.6. The van der Waals surface area contributed by atoms with Crippen LogP contribution >= 0.6 is 11.3 Å². The van der Waals surface area contributed by atoms with Crippen LogP contribution in [0.1, 0.15) is 48.5 Å². The van der Waals surface area contributed by atoms with Crippen molar-refractivity contribution in [3.8, 4) is 0 Å². The first kappa shape index (κ1) is 21.6. The molecule has 1 aliphatic heterocycles.